The molecule has 0 aliphatic heterocycles. The molecule has 0 aliphatic rings. The minimum Gasteiger partial charge on any atom is -0.453 e. The minimum absolute atomic E-state index is 0.407. The molecule has 0 radical (unpaired) electrons. The number of ether oxygens (including phenoxy) is 1. The van der Waals surface area contributed by atoms with Crippen molar-refractivity contribution in [2.24, 2.45) is 0 Å². The number of imidazole rings is 1. The number of anilines is 1. The summed E-state index contributed by atoms with van der Waals surface area (Å²) in [7, 11) is 1.31. The molecule has 0 spiro atoms. The molecule has 6 nitrogen and oxygen atoms in total. The van der Waals surface area contributed by atoms with Crippen LogP contribution >= 0.6 is 11.8 Å². The van der Waals surface area contributed by atoms with Gasteiger partial charge in [-0.05, 0) is 17.7 Å². The zero-order valence-corrected chi connectivity index (χ0v) is 12.7. The molecule has 0 aliphatic carbocycles. The van der Waals surface area contributed by atoms with Crippen LogP contribution in [0.3, 0.4) is 0 Å². The molecule has 1 amide bonds. The second-order valence-corrected chi connectivity index (χ2v) is 5.49. The summed E-state index contributed by atoms with van der Waals surface area (Å²) in [4.78, 5) is 15.4. The Morgan fingerprint density at radius 1 is 1.27 bits per heavy atom. The van der Waals surface area contributed by atoms with E-state index in [0.717, 1.165) is 10.8 Å². The van der Waals surface area contributed by atoms with Gasteiger partial charge in [0.25, 0.3) is 0 Å². The Balaban J connectivity index is 1.73. The van der Waals surface area contributed by atoms with E-state index in [-0.39, 0.29) is 0 Å². The first-order valence-corrected chi connectivity index (χ1v) is 7.61. The molecule has 112 valence electrons. The monoisotopic (exact) mass is 314 g/mol. The van der Waals surface area contributed by atoms with Gasteiger partial charge in [0.2, 0.25) is 0 Å². The summed E-state index contributed by atoms with van der Waals surface area (Å²) < 4.78 is 6.18. The predicted molar refractivity (Wildman–Crippen MR) is 85.0 cm³/mol. The van der Waals surface area contributed by atoms with E-state index in [1.165, 1.54) is 12.7 Å². The van der Waals surface area contributed by atoms with Gasteiger partial charge in [0, 0.05) is 5.75 Å². The van der Waals surface area contributed by atoms with Gasteiger partial charge < -0.3 is 4.74 Å². The Morgan fingerprint density at radius 3 is 2.86 bits per heavy atom. The van der Waals surface area contributed by atoms with Crippen molar-refractivity contribution in [2.75, 3.05) is 12.4 Å². The van der Waals surface area contributed by atoms with Crippen molar-refractivity contribution < 1.29 is 9.53 Å². The highest BCUT2D eigenvalue weighted by molar-refractivity contribution is 7.98. The molecule has 7 heteroatoms. The maximum absolute atomic E-state index is 11.2. The normalized spacial score (nSPS) is 10.6. The number of rotatable bonds is 4. The summed E-state index contributed by atoms with van der Waals surface area (Å²) >= 11 is 1.64. The van der Waals surface area contributed by atoms with E-state index in [1.54, 1.807) is 22.5 Å². The fourth-order valence-electron chi connectivity index (χ4n) is 1.89. The molecule has 0 unspecified atom stereocenters. The molecule has 1 N–H and O–H groups in total. The first kappa shape index (κ1) is 14.4. The fourth-order valence-corrected chi connectivity index (χ4v) is 2.71. The average molecular weight is 314 g/mol. The van der Waals surface area contributed by atoms with Crippen molar-refractivity contribution in [3.63, 3.8) is 0 Å². The lowest BCUT2D eigenvalue weighted by atomic mass is 10.2. The number of hydrogen-bond acceptors (Lipinski definition) is 5. The standard InChI is InChI=1S/C15H14N4O2S/c1-21-15(20)17-12-9-19-13(16-12)7-8-14(18-19)22-10-11-5-3-2-4-6-11/h2-9H,10H2,1H3,(H,17,20). The number of nitrogens with zero attached hydrogens (tertiary/aromatic N) is 3. The van der Waals surface area contributed by atoms with Crippen LogP contribution in [0.2, 0.25) is 0 Å². The molecule has 3 rings (SSSR count). The van der Waals surface area contributed by atoms with Gasteiger partial charge in [-0.3, -0.25) is 5.32 Å². The summed E-state index contributed by atoms with van der Waals surface area (Å²) in [6.07, 6.45) is 1.10. The van der Waals surface area contributed by atoms with E-state index in [4.69, 9.17) is 0 Å². The molecule has 0 atom stereocenters. The number of carbonyl (C=O) groups is 1. The van der Waals surface area contributed by atoms with Crippen molar-refractivity contribution in [3.05, 3.63) is 54.2 Å². The SMILES string of the molecule is COC(=O)Nc1cn2nc(SCc3ccccc3)ccc2n1. The number of thioether (sulfide) groups is 1. The molecule has 1 aromatic carbocycles. The quantitative estimate of drug-likeness (QED) is 0.749. The maximum Gasteiger partial charge on any atom is 0.412 e. The van der Waals surface area contributed by atoms with Gasteiger partial charge in [-0.25, -0.2) is 14.3 Å². The third-order valence-electron chi connectivity index (χ3n) is 2.94. The van der Waals surface area contributed by atoms with E-state index in [1.807, 2.05) is 30.3 Å². The lowest BCUT2D eigenvalue weighted by Gasteiger charge is -2.01. The molecular formula is C15H14N4O2S. The van der Waals surface area contributed by atoms with Crippen molar-refractivity contribution in [1.29, 1.82) is 0 Å². The average Bonchev–Trinajstić information content (AvgIpc) is 2.95. The first-order valence-electron chi connectivity index (χ1n) is 6.63. The molecule has 22 heavy (non-hydrogen) atoms. The van der Waals surface area contributed by atoms with E-state index < -0.39 is 6.09 Å². The maximum atomic E-state index is 11.2. The number of benzene rings is 1. The first-order chi connectivity index (χ1) is 10.7. The third kappa shape index (κ3) is 3.37. The molecule has 2 aromatic heterocycles. The fraction of sp³-hybridized carbons (Fsp3) is 0.133. The van der Waals surface area contributed by atoms with Gasteiger partial charge >= 0.3 is 6.09 Å². The molecule has 3 aromatic rings. The van der Waals surface area contributed by atoms with Crippen LogP contribution in [0.1, 0.15) is 5.56 Å². The number of carbonyl (C=O) groups excluding carboxylic acids is 1. The number of aromatic nitrogens is 3. The topological polar surface area (TPSA) is 68.5 Å². The number of fused-ring (bicyclic) bond motifs is 1. The Bertz CT molecular complexity index is 789. The second kappa shape index (κ2) is 6.48. The predicted octanol–water partition coefficient (Wildman–Crippen LogP) is 3.20. The summed E-state index contributed by atoms with van der Waals surface area (Å²) in [6.45, 7) is 0. The van der Waals surface area contributed by atoms with Gasteiger partial charge in [0.05, 0.1) is 13.3 Å². The Labute approximate surface area is 131 Å². The highest BCUT2D eigenvalue weighted by atomic mass is 32.2. The smallest absolute Gasteiger partial charge is 0.412 e. The van der Waals surface area contributed by atoms with Crippen LogP contribution in [0.5, 0.6) is 0 Å². The Kier molecular flexibility index (Phi) is 4.24. The second-order valence-electron chi connectivity index (χ2n) is 4.49. The molecule has 0 fully saturated rings. The molecule has 0 saturated heterocycles. The summed E-state index contributed by atoms with van der Waals surface area (Å²) in [5, 5.41) is 7.87. The third-order valence-corrected chi connectivity index (χ3v) is 3.93. The van der Waals surface area contributed by atoms with E-state index in [2.05, 4.69) is 32.3 Å². The highest BCUT2D eigenvalue weighted by Gasteiger charge is 2.07. The van der Waals surface area contributed by atoms with Gasteiger partial charge in [-0.2, -0.15) is 5.10 Å². The van der Waals surface area contributed by atoms with E-state index in [9.17, 15) is 4.79 Å². The highest BCUT2D eigenvalue weighted by Crippen LogP contribution is 2.21. The van der Waals surface area contributed by atoms with Crippen molar-refractivity contribution >= 4 is 29.3 Å². The number of hydrogen-bond donors (Lipinski definition) is 1. The van der Waals surface area contributed by atoms with Crippen LogP contribution < -0.4 is 5.32 Å². The molecule has 2 heterocycles. The van der Waals surface area contributed by atoms with Crippen molar-refractivity contribution in [1.82, 2.24) is 14.6 Å². The molecule has 0 saturated carbocycles. The number of amides is 1. The number of nitrogens with one attached hydrogen (secondary N) is 1. The zero-order valence-electron chi connectivity index (χ0n) is 11.9. The zero-order chi connectivity index (χ0) is 15.4. The molecule has 0 bridgehead atoms. The van der Waals surface area contributed by atoms with E-state index >= 15 is 0 Å². The minimum atomic E-state index is -0.554. The van der Waals surface area contributed by atoms with Crippen molar-refractivity contribution in [2.45, 2.75) is 10.8 Å². The van der Waals surface area contributed by atoms with Crippen LogP contribution in [-0.2, 0) is 10.5 Å². The lowest BCUT2D eigenvalue weighted by Crippen LogP contribution is -2.10. The van der Waals surface area contributed by atoms with Crippen LogP contribution in [0.15, 0.2) is 53.7 Å². The Hall–Kier alpha value is -2.54. The van der Waals surface area contributed by atoms with Gasteiger partial charge in [0.15, 0.2) is 11.5 Å². The van der Waals surface area contributed by atoms with Crippen LogP contribution in [-0.4, -0.2) is 27.8 Å². The molecular weight excluding hydrogens is 300 g/mol. The van der Waals surface area contributed by atoms with Gasteiger partial charge in [0.1, 0.15) is 5.03 Å². The lowest BCUT2D eigenvalue weighted by molar-refractivity contribution is 0.187. The van der Waals surface area contributed by atoms with Crippen LogP contribution in [0.25, 0.3) is 5.65 Å². The van der Waals surface area contributed by atoms with E-state index in [0.29, 0.717) is 11.5 Å². The summed E-state index contributed by atoms with van der Waals surface area (Å²) in [6, 6.07) is 14.0. The van der Waals surface area contributed by atoms with Gasteiger partial charge in [-0.15, -0.1) is 0 Å². The Morgan fingerprint density at radius 2 is 2.09 bits per heavy atom. The van der Waals surface area contributed by atoms with Crippen LogP contribution in [0, 0.1) is 0 Å². The summed E-state index contributed by atoms with van der Waals surface area (Å²) in [5.74, 6) is 1.26. The summed E-state index contributed by atoms with van der Waals surface area (Å²) in [5.41, 5.74) is 1.91. The van der Waals surface area contributed by atoms with Gasteiger partial charge in [-0.1, -0.05) is 42.1 Å². The van der Waals surface area contributed by atoms with Crippen molar-refractivity contribution in [3.8, 4) is 0 Å². The number of methoxy groups -OCH3 is 1. The van der Waals surface area contributed by atoms with Crippen LogP contribution in [0.4, 0.5) is 10.6 Å². The largest absolute Gasteiger partial charge is 0.453 e.